The van der Waals surface area contributed by atoms with Gasteiger partial charge >= 0.3 is 0 Å². The summed E-state index contributed by atoms with van der Waals surface area (Å²) in [5.41, 5.74) is 4.05. The molecule has 0 aliphatic carbocycles. The SMILES string of the molecule is CC(=O)c1sc(=Nc2ccc(C)cc2C)n(CCO)c1C. The largest absolute Gasteiger partial charge is 0.395 e. The molecule has 0 amide bonds. The van der Waals surface area contributed by atoms with Crippen molar-refractivity contribution in [2.75, 3.05) is 6.61 Å². The summed E-state index contributed by atoms with van der Waals surface area (Å²) in [5.74, 6) is 0.0336. The Labute approximate surface area is 128 Å². The number of aryl methyl sites for hydroxylation is 2. The number of aromatic nitrogens is 1. The molecule has 2 aromatic rings. The normalized spacial score (nSPS) is 12.0. The standard InChI is InChI=1S/C16H20N2O2S/c1-10-5-6-14(11(2)9-10)17-16-18(7-8-19)12(3)15(21-16)13(4)20/h5-6,9,19H,7-8H2,1-4H3. The Bertz CT molecular complexity index is 741. The van der Waals surface area contributed by atoms with Gasteiger partial charge in [-0.15, -0.1) is 0 Å². The van der Waals surface area contributed by atoms with E-state index in [0.29, 0.717) is 11.4 Å². The fourth-order valence-electron chi connectivity index (χ4n) is 2.29. The quantitative estimate of drug-likeness (QED) is 0.883. The molecule has 0 saturated carbocycles. The molecule has 2 rings (SSSR count). The number of ketones is 1. The lowest BCUT2D eigenvalue weighted by Crippen LogP contribution is -2.18. The Morgan fingerprint density at radius 2 is 2.05 bits per heavy atom. The minimum atomic E-state index is 0.0228. The molecule has 0 radical (unpaired) electrons. The second-order valence-corrected chi connectivity index (χ2v) is 6.11. The Kier molecular flexibility index (Phi) is 4.75. The van der Waals surface area contributed by atoms with Crippen LogP contribution in [0, 0.1) is 20.8 Å². The van der Waals surface area contributed by atoms with Gasteiger partial charge in [-0.1, -0.05) is 29.0 Å². The maximum absolute atomic E-state index is 11.7. The van der Waals surface area contributed by atoms with E-state index >= 15 is 0 Å². The van der Waals surface area contributed by atoms with Crippen molar-refractivity contribution in [1.29, 1.82) is 0 Å². The maximum atomic E-state index is 11.7. The minimum absolute atomic E-state index is 0.0228. The molecule has 21 heavy (non-hydrogen) atoms. The smallest absolute Gasteiger partial charge is 0.190 e. The third kappa shape index (κ3) is 3.31. The number of thiazole rings is 1. The van der Waals surface area contributed by atoms with Crippen molar-refractivity contribution >= 4 is 22.8 Å². The van der Waals surface area contributed by atoms with Gasteiger partial charge in [0, 0.05) is 19.2 Å². The lowest BCUT2D eigenvalue weighted by Gasteiger charge is -2.04. The fourth-order valence-corrected chi connectivity index (χ4v) is 3.36. The Morgan fingerprint density at radius 3 is 2.62 bits per heavy atom. The van der Waals surface area contributed by atoms with Crippen LogP contribution in [0.2, 0.25) is 0 Å². The number of hydrogen-bond acceptors (Lipinski definition) is 4. The zero-order valence-corrected chi connectivity index (χ0v) is 13.6. The lowest BCUT2D eigenvalue weighted by molar-refractivity contribution is 0.102. The molecule has 0 saturated heterocycles. The molecule has 0 aliphatic rings. The number of Topliss-reactive ketones (excluding diaryl/α,β-unsaturated/α-hetero) is 1. The van der Waals surface area contributed by atoms with E-state index in [1.54, 1.807) is 6.92 Å². The maximum Gasteiger partial charge on any atom is 0.190 e. The van der Waals surface area contributed by atoms with E-state index in [1.165, 1.54) is 16.9 Å². The summed E-state index contributed by atoms with van der Waals surface area (Å²) in [6, 6.07) is 6.09. The molecule has 112 valence electrons. The van der Waals surface area contributed by atoms with Gasteiger partial charge in [-0.3, -0.25) is 4.79 Å². The van der Waals surface area contributed by atoms with Crippen LogP contribution in [0.1, 0.15) is 33.4 Å². The molecule has 0 atom stereocenters. The summed E-state index contributed by atoms with van der Waals surface area (Å²) >= 11 is 1.38. The molecule has 1 aromatic carbocycles. The fraction of sp³-hybridized carbons (Fsp3) is 0.375. The number of carbonyl (C=O) groups excluding carboxylic acids is 1. The number of hydrogen-bond donors (Lipinski definition) is 1. The van der Waals surface area contributed by atoms with E-state index in [2.05, 4.69) is 11.1 Å². The average Bonchev–Trinajstić information content (AvgIpc) is 2.71. The second-order valence-electron chi connectivity index (χ2n) is 5.13. The van der Waals surface area contributed by atoms with Crippen molar-refractivity contribution in [3.05, 3.63) is 44.7 Å². The van der Waals surface area contributed by atoms with Crippen LogP contribution >= 0.6 is 11.3 Å². The van der Waals surface area contributed by atoms with Gasteiger partial charge in [0.1, 0.15) is 0 Å². The number of aliphatic hydroxyl groups excluding tert-OH is 1. The highest BCUT2D eigenvalue weighted by Crippen LogP contribution is 2.20. The molecule has 1 N–H and O–H groups in total. The molecule has 0 bridgehead atoms. The molecular weight excluding hydrogens is 284 g/mol. The van der Waals surface area contributed by atoms with E-state index in [1.807, 2.05) is 37.5 Å². The highest BCUT2D eigenvalue weighted by Gasteiger charge is 2.13. The van der Waals surface area contributed by atoms with Crippen molar-refractivity contribution in [3.8, 4) is 0 Å². The zero-order valence-electron chi connectivity index (χ0n) is 12.8. The van der Waals surface area contributed by atoms with Gasteiger partial charge in [-0.25, -0.2) is 4.99 Å². The number of nitrogens with zero attached hydrogens (tertiary/aromatic N) is 2. The molecule has 4 nitrogen and oxygen atoms in total. The highest BCUT2D eigenvalue weighted by atomic mass is 32.1. The van der Waals surface area contributed by atoms with E-state index < -0.39 is 0 Å². The van der Waals surface area contributed by atoms with E-state index in [-0.39, 0.29) is 12.4 Å². The van der Waals surface area contributed by atoms with Crippen LogP contribution in [0.15, 0.2) is 23.2 Å². The first-order valence-electron chi connectivity index (χ1n) is 6.88. The summed E-state index contributed by atoms with van der Waals surface area (Å²) in [5, 5.41) is 9.23. The van der Waals surface area contributed by atoms with Crippen LogP contribution in [0.25, 0.3) is 0 Å². The first-order valence-corrected chi connectivity index (χ1v) is 7.69. The van der Waals surface area contributed by atoms with Crippen molar-refractivity contribution in [2.45, 2.75) is 34.2 Å². The molecule has 1 aromatic heterocycles. The topological polar surface area (TPSA) is 54.6 Å². The van der Waals surface area contributed by atoms with Crippen LogP contribution in [0.3, 0.4) is 0 Å². The third-order valence-electron chi connectivity index (χ3n) is 3.37. The lowest BCUT2D eigenvalue weighted by atomic mass is 10.1. The second kappa shape index (κ2) is 6.37. The molecular formula is C16H20N2O2S. The van der Waals surface area contributed by atoms with Crippen LogP contribution in [0.5, 0.6) is 0 Å². The van der Waals surface area contributed by atoms with Gasteiger partial charge < -0.3 is 9.67 Å². The van der Waals surface area contributed by atoms with Crippen LogP contribution in [-0.2, 0) is 6.54 Å². The number of rotatable bonds is 4. The van der Waals surface area contributed by atoms with Gasteiger partial charge in [-0.2, -0.15) is 0 Å². The monoisotopic (exact) mass is 304 g/mol. The van der Waals surface area contributed by atoms with Gasteiger partial charge in [0.25, 0.3) is 0 Å². The summed E-state index contributed by atoms with van der Waals surface area (Å²) in [6.45, 7) is 7.99. The number of benzene rings is 1. The Morgan fingerprint density at radius 1 is 1.33 bits per heavy atom. The van der Waals surface area contributed by atoms with Gasteiger partial charge in [0.15, 0.2) is 10.6 Å². The van der Waals surface area contributed by atoms with Gasteiger partial charge in [-0.05, 0) is 32.4 Å². The molecule has 0 unspecified atom stereocenters. The van der Waals surface area contributed by atoms with Gasteiger partial charge in [0.2, 0.25) is 0 Å². The summed E-state index contributed by atoms with van der Waals surface area (Å²) in [4.78, 5) is 17.8. The average molecular weight is 304 g/mol. The molecule has 1 heterocycles. The first-order chi connectivity index (χ1) is 9.93. The Balaban J connectivity index is 2.63. The summed E-state index contributed by atoms with van der Waals surface area (Å²) in [6.07, 6.45) is 0. The third-order valence-corrected chi connectivity index (χ3v) is 4.65. The van der Waals surface area contributed by atoms with Crippen LogP contribution in [-0.4, -0.2) is 22.1 Å². The summed E-state index contributed by atoms with van der Waals surface area (Å²) < 4.78 is 1.90. The van der Waals surface area contributed by atoms with Gasteiger partial charge in [0.05, 0.1) is 17.2 Å². The van der Waals surface area contributed by atoms with Crippen molar-refractivity contribution in [2.24, 2.45) is 4.99 Å². The highest BCUT2D eigenvalue weighted by molar-refractivity contribution is 7.11. The predicted octanol–water partition coefficient (Wildman–Crippen LogP) is 2.90. The molecule has 0 spiro atoms. The molecule has 0 fully saturated rings. The van der Waals surface area contributed by atoms with Crippen molar-refractivity contribution in [1.82, 2.24) is 4.57 Å². The number of aliphatic hydroxyl groups is 1. The molecule has 5 heteroatoms. The van der Waals surface area contributed by atoms with E-state index in [4.69, 9.17) is 0 Å². The van der Waals surface area contributed by atoms with E-state index in [9.17, 15) is 9.90 Å². The predicted molar refractivity (Wildman–Crippen MR) is 85.3 cm³/mol. The Hall–Kier alpha value is -1.72. The minimum Gasteiger partial charge on any atom is -0.395 e. The van der Waals surface area contributed by atoms with Crippen molar-refractivity contribution < 1.29 is 9.90 Å². The zero-order chi connectivity index (χ0) is 15.6. The van der Waals surface area contributed by atoms with E-state index in [0.717, 1.165) is 21.7 Å². The summed E-state index contributed by atoms with van der Waals surface area (Å²) in [7, 11) is 0. The molecule has 0 aliphatic heterocycles. The van der Waals surface area contributed by atoms with Crippen LogP contribution < -0.4 is 4.80 Å². The van der Waals surface area contributed by atoms with Crippen molar-refractivity contribution in [3.63, 3.8) is 0 Å². The van der Waals surface area contributed by atoms with Crippen LogP contribution in [0.4, 0.5) is 5.69 Å². The number of carbonyl (C=O) groups is 1. The first kappa shape index (κ1) is 15.7.